The third kappa shape index (κ3) is 4.11. The Bertz CT molecular complexity index is 421. The Balaban J connectivity index is 2.55. The summed E-state index contributed by atoms with van der Waals surface area (Å²) in [6.07, 6.45) is 7.06. The molecule has 1 aromatic carbocycles. The van der Waals surface area contributed by atoms with Crippen LogP contribution in [0.2, 0.25) is 0 Å². The SMILES string of the molecule is O=C/C=C\C=C/Nc1ccc(C(=O)Cl)cc1. The van der Waals surface area contributed by atoms with Crippen molar-refractivity contribution in [1.29, 1.82) is 0 Å². The van der Waals surface area contributed by atoms with E-state index in [0.717, 1.165) is 5.69 Å². The molecule has 0 heterocycles. The van der Waals surface area contributed by atoms with E-state index in [4.69, 9.17) is 11.6 Å². The number of aldehydes is 1. The van der Waals surface area contributed by atoms with Crippen molar-refractivity contribution < 1.29 is 9.59 Å². The Morgan fingerprint density at radius 3 is 2.38 bits per heavy atom. The normalized spacial score (nSPS) is 10.8. The summed E-state index contributed by atoms with van der Waals surface area (Å²) in [7, 11) is 0. The summed E-state index contributed by atoms with van der Waals surface area (Å²) in [4.78, 5) is 20.7. The molecule has 0 spiro atoms. The van der Waals surface area contributed by atoms with Crippen LogP contribution in [-0.4, -0.2) is 11.5 Å². The van der Waals surface area contributed by atoms with E-state index in [0.29, 0.717) is 11.8 Å². The lowest BCUT2D eigenvalue weighted by Crippen LogP contribution is -1.90. The summed E-state index contributed by atoms with van der Waals surface area (Å²) < 4.78 is 0. The minimum absolute atomic E-state index is 0.456. The highest BCUT2D eigenvalue weighted by Gasteiger charge is 1.99. The highest BCUT2D eigenvalue weighted by molar-refractivity contribution is 6.67. The first-order valence-electron chi connectivity index (χ1n) is 4.57. The van der Waals surface area contributed by atoms with E-state index in [2.05, 4.69) is 5.32 Å². The van der Waals surface area contributed by atoms with Crippen LogP contribution < -0.4 is 5.32 Å². The van der Waals surface area contributed by atoms with E-state index in [1.54, 1.807) is 42.6 Å². The number of allylic oxidation sites excluding steroid dienone is 3. The molecule has 3 nitrogen and oxygen atoms in total. The third-order valence-corrected chi connectivity index (χ3v) is 1.98. The van der Waals surface area contributed by atoms with E-state index in [1.807, 2.05) is 0 Å². The van der Waals surface area contributed by atoms with Gasteiger partial charge in [0.1, 0.15) is 6.29 Å². The van der Waals surface area contributed by atoms with Crippen LogP contribution in [-0.2, 0) is 4.79 Å². The number of nitrogens with one attached hydrogen (secondary N) is 1. The summed E-state index contributed by atoms with van der Waals surface area (Å²) in [6, 6.07) is 6.74. The van der Waals surface area contributed by atoms with E-state index >= 15 is 0 Å². The molecule has 0 atom stereocenters. The number of carbonyl (C=O) groups excluding carboxylic acids is 2. The molecule has 0 radical (unpaired) electrons. The fourth-order valence-corrected chi connectivity index (χ4v) is 1.13. The van der Waals surface area contributed by atoms with Crippen LogP contribution in [0.1, 0.15) is 10.4 Å². The van der Waals surface area contributed by atoms with Crippen molar-refractivity contribution in [3.63, 3.8) is 0 Å². The van der Waals surface area contributed by atoms with Gasteiger partial charge in [0.05, 0.1) is 0 Å². The van der Waals surface area contributed by atoms with E-state index in [9.17, 15) is 9.59 Å². The van der Waals surface area contributed by atoms with Crippen LogP contribution in [0.3, 0.4) is 0 Å². The van der Waals surface area contributed by atoms with Crippen LogP contribution in [0.4, 0.5) is 5.69 Å². The fourth-order valence-electron chi connectivity index (χ4n) is 1.01. The Hall–Kier alpha value is -1.87. The molecular weight excluding hydrogens is 226 g/mol. The molecule has 82 valence electrons. The Labute approximate surface area is 98.4 Å². The number of anilines is 1. The van der Waals surface area contributed by atoms with Crippen LogP contribution in [0.15, 0.2) is 48.7 Å². The van der Waals surface area contributed by atoms with Gasteiger partial charge in [-0.15, -0.1) is 0 Å². The van der Waals surface area contributed by atoms with Crippen molar-refractivity contribution in [2.45, 2.75) is 0 Å². The topological polar surface area (TPSA) is 46.2 Å². The maximum absolute atomic E-state index is 10.8. The van der Waals surface area contributed by atoms with Gasteiger partial charge in [0.2, 0.25) is 0 Å². The average molecular weight is 236 g/mol. The lowest BCUT2D eigenvalue weighted by atomic mass is 10.2. The second kappa shape index (κ2) is 6.58. The van der Waals surface area contributed by atoms with Crippen molar-refractivity contribution in [1.82, 2.24) is 0 Å². The monoisotopic (exact) mass is 235 g/mol. The zero-order chi connectivity index (χ0) is 11.8. The highest BCUT2D eigenvalue weighted by atomic mass is 35.5. The number of rotatable bonds is 5. The third-order valence-electron chi connectivity index (χ3n) is 1.76. The summed E-state index contributed by atoms with van der Waals surface area (Å²) in [5.74, 6) is 0. The molecule has 0 aliphatic rings. The highest BCUT2D eigenvalue weighted by Crippen LogP contribution is 2.11. The van der Waals surface area contributed by atoms with Gasteiger partial charge >= 0.3 is 0 Å². The fraction of sp³-hybridized carbons (Fsp3) is 0. The number of benzene rings is 1. The molecule has 1 aromatic rings. The molecule has 0 aromatic heterocycles. The maximum Gasteiger partial charge on any atom is 0.252 e. The summed E-state index contributed by atoms with van der Waals surface area (Å²) >= 11 is 5.30. The Morgan fingerprint density at radius 1 is 1.12 bits per heavy atom. The predicted molar refractivity (Wildman–Crippen MR) is 64.6 cm³/mol. The quantitative estimate of drug-likeness (QED) is 0.369. The van der Waals surface area contributed by atoms with Crippen molar-refractivity contribution in [2.75, 3.05) is 5.32 Å². The van der Waals surface area contributed by atoms with Crippen molar-refractivity contribution in [3.05, 3.63) is 54.3 Å². The van der Waals surface area contributed by atoms with Gasteiger partial charge in [0.15, 0.2) is 0 Å². The van der Waals surface area contributed by atoms with Gasteiger partial charge in [-0.25, -0.2) is 0 Å². The van der Waals surface area contributed by atoms with Crippen LogP contribution in [0.25, 0.3) is 0 Å². The Kier molecular flexibility index (Phi) is 5.02. The van der Waals surface area contributed by atoms with Crippen molar-refractivity contribution in [3.8, 4) is 0 Å². The Morgan fingerprint density at radius 2 is 1.81 bits per heavy atom. The number of hydrogen-bond acceptors (Lipinski definition) is 3. The molecule has 0 aliphatic heterocycles. The van der Waals surface area contributed by atoms with Gasteiger partial charge < -0.3 is 5.32 Å². The molecule has 0 fully saturated rings. The van der Waals surface area contributed by atoms with Crippen LogP contribution in [0.5, 0.6) is 0 Å². The lowest BCUT2D eigenvalue weighted by Gasteiger charge is -2.00. The van der Waals surface area contributed by atoms with E-state index < -0.39 is 5.24 Å². The number of halogens is 1. The van der Waals surface area contributed by atoms with Gasteiger partial charge in [0, 0.05) is 17.5 Å². The van der Waals surface area contributed by atoms with Crippen LogP contribution >= 0.6 is 11.6 Å². The van der Waals surface area contributed by atoms with Crippen molar-refractivity contribution >= 4 is 28.8 Å². The molecule has 0 saturated heterocycles. The molecule has 16 heavy (non-hydrogen) atoms. The number of hydrogen-bond donors (Lipinski definition) is 1. The minimum atomic E-state index is -0.476. The molecule has 0 unspecified atom stereocenters. The molecule has 0 saturated carbocycles. The number of carbonyl (C=O) groups is 2. The molecule has 1 rings (SSSR count). The van der Waals surface area contributed by atoms with Gasteiger partial charge in [-0.1, -0.05) is 6.08 Å². The predicted octanol–water partition coefficient (Wildman–Crippen LogP) is 2.75. The molecule has 4 heteroatoms. The molecule has 1 N–H and O–H groups in total. The van der Waals surface area contributed by atoms with Crippen LogP contribution in [0, 0.1) is 0 Å². The van der Waals surface area contributed by atoms with Gasteiger partial charge in [-0.3, -0.25) is 9.59 Å². The molecular formula is C12H10ClNO2. The van der Waals surface area contributed by atoms with Gasteiger partial charge in [0.25, 0.3) is 5.24 Å². The first-order valence-corrected chi connectivity index (χ1v) is 4.95. The first-order chi connectivity index (χ1) is 7.74. The first kappa shape index (κ1) is 12.2. The van der Waals surface area contributed by atoms with E-state index in [-0.39, 0.29) is 0 Å². The molecule has 0 aliphatic carbocycles. The van der Waals surface area contributed by atoms with Crippen molar-refractivity contribution in [2.24, 2.45) is 0 Å². The second-order valence-corrected chi connectivity index (χ2v) is 3.22. The molecule has 0 bridgehead atoms. The summed E-state index contributed by atoms with van der Waals surface area (Å²) in [5, 5.41) is 2.49. The standard InChI is InChI=1S/C12H10ClNO2/c13-12(16)10-4-6-11(7-5-10)14-8-2-1-3-9-15/h1-9,14H/b3-1-,8-2-. The second-order valence-electron chi connectivity index (χ2n) is 2.88. The minimum Gasteiger partial charge on any atom is -0.362 e. The smallest absolute Gasteiger partial charge is 0.252 e. The summed E-state index contributed by atoms with van der Waals surface area (Å²) in [6.45, 7) is 0. The van der Waals surface area contributed by atoms with Gasteiger partial charge in [-0.2, -0.15) is 0 Å². The summed E-state index contributed by atoms with van der Waals surface area (Å²) in [5.41, 5.74) is 1.29. The lowest BCUT2D eigenvalue weighted by molar-refractivity contribution is -0.104. The maximum atomic E-state index is 10.8. The van der Waals surface area contributed by atoms with E-state index in [1.165, 1.54) is 6.08 Å². The zero-order valence-corrected chi connectivity index (χ0v) is 9.15. The zero-order valence-electron chi connectivity index (χ0n) is 8.39. The average Bonchev–Trinajstić information content (AvgIpc) is 2.29. The molecule has 0 amide bonds. The largest absolute Gasteiger partial charge is 0.362 e. The van der Waals surface area contributed by atoms with Gasteiger partial charge in [-0.05, 0) is 48.0 Å².